The number of carbonyl (C=O) groups excluding carboxylic acids is 1. The number of nitrogens with zero attached hydrogens (tertiary/aromatic N) is 1. The molecule has 2 N–H and O–H groups in total. The van der Waals surface area contributed by atoms with E-state index in [1.807, 2.05) is 6.07 Å². The Morgan fingerprint density at radius 1 is 1.35 bits per heavy atom. The normalized spacial score (nSPS) is 10.8. The van der Waals surface area contributed by atoms with Gasteiger partial charge in [-0.1, -0.05) is 23.2 Å². The Morgan fingerprint density at radius 2 is 2.10 bits per heavy atom. The maximum atomic E-state index is 11.9. The lowest BCUT2D eigenvalue weighted by Gasteiger charge is -2.06. The van der Waals surface area contributed by atoms with E-state index in [0.717, 1.165) is 6.42 Å². The molecule has 0 fully saturated rings. The van der Waals surface area contributed by atoms with Gasteiger partial charge in [-0.15, -0.1) is 11.6 Å². The molecule has 0 saturated carbocycles. The van der Waals surface area contributed by atoms with E-state index in [0.29, 0.717) is 28.2 Å². The van der Waals surface area contributed by atoms with Gasteiger partial charge in [-0.05, 0) is 24.6 Å². The molecule has 0 aliphatic carbocycles. The number of hydrogen-bond donors (Lipinski definition) is 2. The fourth-order valence-electron chi connectivity index (χ4n) is 1.26. The number of carbonyl (C=O) groups is 1. The molecule has 0 bridgehead atoms. The average Bonchev–Trinajstić information content (AvgIpc) is 2.43. The highest BCUT2D eigenvalue weighted by Gasteiger charge is 2.09. The number of rotatable bonds is 6. The predicted octanol–water partition coefficient (Wildman–Crippen LogP) is 3.56. The van der Waals surface area contributed by atoms with Crippen molar-refractivity contribution in [1.82, 2.24) is 5.32 Å². The van der Waals surface area contributed by atoms with E-state index in [1.165, 1.54) is 12.3 Å². The third kappa shape index (κ3) is 5.30. The number of alkyl halides is 1. The van der Waals surface area contributed by atoms with Crippen molar-refractivity contribution in [1.29, 1.82) is 5.26 Å². The van der Waals surface area contributed by atoms with Gasteiger partial charge in [-0.2, -0.15) is 5.26 Å². The van der Waals surface area contributed by atoms with Crippen LogP contribution in [0.3, 0.4) is 0 Å². The number of nitriles is 1. The van der Waals surface area contributed by atoms with E-state index >= 15 is 0 Å². The first-order chi connectivity index (χ1) is 9.58. The second kappa shape index (κ2) is 8.70. The Bertz CT molecular complexity index is 552. The predicted molar refractivity (Wildman–Crippen MR) is 82.1 cm³/mol. The lowest BCUT2D eigenvalue weighted by molar-refractivity contribution is -0.112. The maximum absolute atomic E-state index is 11.9. The summed E-state index contributed by atoms with van der Waals surface area (Å²) in [6.07, 6.45) is 2.10. The summed E-state index contributed by atoms with van der Waals surface area (Å²) in [5.74, 6) is -0.0117. The first kappa shape index (κ1) is 16.6. The van der Waals surface area contributed by atoms with Crippen LogP contribution in [-0.2, 0) is 4.79 Å². The Balaban J connectivity index is 2.67. The zero-order chi connectivity index (χ0) is 15.0. The Hall–Kier alpha value is -1.41. The molecule has 0 unspecified atom stereocenters. The quantitative estimate of drug-likeness (QED) is 0.362. The van der Waals surface area contributed by atoms with E-state index in [2.05, 4.69) is 10.6 Å². The monoisotopic (exact) mass is 331 g/mol. The lowest BCUT2D eigenvalue weighted by Crippen LogP contribution is -2.17. The molecular weight excluding hydrogens is 321 g/mol. The molecular formula is C13H12Cl3N3O. The van der Waals surface area contributed by atoms with Crippen molar-refractivity contribution >= 4 is 46.4 Å². The van der Waals surface area contributed by atoms with Crippen LogP contribution in [0.25, 0.3) is 0 Å². The molecule has 0 heterocycles. The number of anilines is 1. The second-order valence-electron chi connectivity index (χ2n) is 3.75. The Kier molecular flexibility index (Phi) is 7.24. The molecule has 1 aromatic carbocycles. The first-order valence-corrected chi connectivity index (χ1v) is 7.03. The molecule has 0 aromatic heterocycles. The smallest absolute Gasteiger partial charge is 0.267 e. The fourth-order valence-corrected chi connectivity index (χ4v) is 1.70. The minimum absolute atomic E-state index is 0.0364. The van der Waals surface area contributed by atoms with E-state index in [1.54, 1.807) is 12.1 Å². The van der Waals surface area contributed by atoms with E-state index < -0.39 is 5.91 Å². The molecule has 0 spiro atoms. The first-order valence-electron chi connectivity index (χ1n) is 5.74. The molecule has 7 heteroatoms. The van der Waals surface area contributed by atoms with Gasteiger partial charge in [0.25, 0.3) is 5.91 Å². The molecule has 0 aliphatic rings. The summed E-state index contributed by atoms with van der Waals surface area (Å²) in [5, 5.41) is 15.1. The van der Waals surface area contributed by atoms with Crippen molar-refractivity contribution in [2.45, 2.75) is 6.42 Å². The van der Waals surface area contributed by atoms with Gasteiger partial charge in [0.05, 0.1) is 10.0 Å². The van der Waals surface area contributed by atoms with Crippen molar-refractivity contribution in [3.63, 3.8) is 0 Å². The summed E-state index contributed by atoms with van der Waals surface area (Å²) in [5.41, 5.74) is 0.428. The van der Waals surface area contributed by atoms with E-state index in [-0.39, 0.29) is 5.57 Å². The van der Waals surface area contributed by atoms with Crippen LogP contribution in [-0.4, -0.2) is 18.3 Å². The number of halogens is 3. The highest BCUT2D eigenvalue weighted by molar-refractivity contribution is 6.42. The summed E-state index contributed by atoms with van der Waals surface area (Å²) in [6.45, 7) is 0.592. The van der Waals surface area contributed by atoms with Crippen LogP contribution < -0.4 is 10.6 Å². The third-order valence-electron chi connectivity index (χ3n) is 2.24. The van der Waals surface area contributed by atoms with Crippen molar-refractivity contribution in [2.75, 3.05) is 17.7 Å². The molecule has 0 atom stereocenters. The van der Waals surface area contributed by atoms with Gasteiger partial charge in [0.1, 0.15) is 11.6 Å². The summed E-state index contributed by atoms with van der Waals surface area (Å²) < 4.78 is 0. The van der Waals surface area contributed by atoms with Crippen LogP contribution in [0.2, 0.25) is 10.0 Å². The minimum atomic E-state index is -0.524. The summed E-state index contributed by atoms with van der Waals surface area (Å²) in [6, 6.07) is 6.49. The molecule has 0 aliphatic heterocycles. The largest absolute Gasteiger partial charge is 0.390 e. The fraction of sp³-hybridized carbons (Fsp3) is 0.231. The second-order valence-corrected chi connectivity index (χ2v) is 4.94. The highest BCUT2D eigenvalue weighted by atomic mass is 35.5. The van der Waals surface area contributed by atoms with Crippen molar-refractivity contribution < 1.29 is 4.79 Å². The standard InChI is InChI=1S/C13H12Cl3N3O/c14-4-1-5-18-8-9(7-17)13(20)19-10-2-3-11(15)12(16)6-10/h2-3,6,8,18H,1,4-5H2,(H,19,20)/b9-8-. The molecule has 1 rings (SSSR count). The van der Waals surface area contributed by atoms with Gasteiger partial charge in [0, 0.05) is 24.3 Å². The maximum Gasteiger partial charge on any atom is 0.267 e. The van der Waals surface area contributed by atoms with Crippen LogP contribution in [0, 0.1) is 11.3 Å². The molecule has 20 heavy (non-hydrogen) atoms. The van der Waals surface area contributed by atoms with E-state index in [9.17, 15) is 4.79 Å². The minimum Gasteiger partial charge on any atom is -0.390 e. The summed E-state index contributed by atoms with van der Waals surface area (Å²) in [7, 11) is 0. The molecule has 0 saturated heterocycles. The number of benzene rings is 1. The van der Waals surface area contributed by atoms with Gasteiger partial charge >= 0.3 is 0 Å². The van der Waals surface area contributed by atoms with Crippen molar-refractivity contribution in [2.24, 2.45) is 0 Å². The Morgan fingerprint density at radius 3 is 2.70 bits per heavy atom. The highest BCUT2D eigenvalue weighted by Crippen LogP contribution is 2.25. The molecule has 0 radical (unpaired) electrons. The molecule has 1 aromatic rings. The van der Waals surface area contributed by atoms with Crippen molar-refractivity contribution in [3.8, 4) is 6.07 Å². The van der Waals surface area contributed by atoms with Crippen LogP contribution in [0.5, 0.6) is 0 Å². The molecule has 106 valence electrons. The third-order valence-corrected chi connectivity index (χ3v) is 3.25. The lowest BCUT2D eigenvalue weighted by atomic mass is 10.2. The zero-order valence-corrected chi connectivity index (χ0v) is 12.7. The number of hydrogen-bond acceptors (Lipinski definition) is 3. The number of amides is 1. The van der Waals surface area contributed by atoms with Gasteiger partial charge in [0.2, 0.25) is 0 Å². The summed E-state index contributed by atoms with van der Waals surface area (Å²) >= 11 is 17.1. The number of nitrogens with one attached hydrogen (secondary N) is 2. The van der Waals surface area contributed by atoms with Crippen LogP contribution in [0.4, 0.5) is 5.69 Å². The van der Waals surface area contributed by atoms with Crippen LogP contribution in [0.15, 0.2) is 30.0 Å². The van der Waals surface area contributed by atoms with E-state index in [4.69, 9.17) is 40.1 Å². The van der Waals surface area contributed by atoms with Crippen LogP contribution >= 0.6 is 34.8 Å². The van der Waals surface area contributed by atoms with Gasteiger partial charge in [-0.25, -0.2) is 0 Å². The summed E-state index contributed by atoms with van der Waals surface area (Å²) in [4.78, 5) is 11.9. The van der Waals surface area contributed by atoms with Gasteiger partial charge < -0.3 is 10.6 Å². The average molecular weight is 333 g/mol. The topological polar surface area (TPSA) is 64.9 Å². The SMILES string of the molecule is N#C/C(=C/NCCCCl)C(=O)Nc1ccc(Cl)c(Cl)c1. The van der Waals surface area contributed by atoms with Crippen molar-refractivity contribution in [3.05, 3.63) is 40.0 Å². The molecule has 1 amide bonds. The Labute approximate surface area is 132 Å². The van der Waals surface area contributed by atoms with Gasteiger partial charge in [0.15, 0.2) is 0 Å². The zero-order valence-electron chi connectivity index (χ0n) is 10.4. The van der Waals surface area contributed by atoms with Gasteiger partial charge in [-0.3, -0.25) is 4.79 Å². The van der Waals surface area contributed by atoms with Crippen LogP contribution in [0.1, 0.15) is 6.42 Å². The molecule has 4 nitrogen and oxygen atoms in total.